The normalized spacial score (nSPS) is 19.4. The van der Waals surface area contributed by atoms with E-state index in [1.165, 1.54) is 4.90 Å². The maximum absolute atomic E-state index is 12.0. The van der Waals surface area contributed by atoms with E-state index in [2.05, 4.69) is 0 Å². The molecule has 0 aromatic heterocycles. The van der Waals surface area contributed by atoms with Crippen molar-refractivity contribution >= 4 is 0 Å². The highest BCUT2D eigenvalue weighted by molar-refractivity contribution is 5.44. The largest absolute Gasteiger partial charge is 0.504 e. The van der Waals surface area contributed by atoms with Gasteiger partial charge in [0.15, 0.2) is 11.5 Å². The summed E-state index contributed by atoms with van der Waals surface area (Å²) in [7, 11) is 1.57. The van der Waals surface area contributed by atoms with Crippen LogP contribution in [-0.4, -0.2) is 43.5 Å². The van der Waals surface area contributed by atoms with Gasteiger partial charge in [0.05, 0.1) is 12.7 Å². The molecular weight excluding hydrogens is 376 g/mol. The van der Waals surface area contributed by atoms with Crippen LogP contribution in [-0.2, 0) is 12.3 Å². The lowest BCUT2D eigenvalue weighted by Crippen LogP contribution is -3.30. The van der Waals surface area contributed by atoms with E-state index in [0.717, 1.165) is 54.3 Å². The van der Waals surface area contributed by atoms with Gasteiger partial charge in [-0.1, -0.05) is 42.5 Å². The average molecular weight is 407 g/mol. The molecule has 0 unspecified atom stereocenters. The Kier molecular flexibility index (Phi) is 6.04. The molecule has 0 saturated carbocycles. The molecule has 4 rings (SSSR count). The highest BCUT2D eigenvalue weighted by Crippen LogP contribution is 2.28. The summed E-state index contributed by atoms with van der Waals surface area (Å²) in [4.78, 5) is 2.55. The summed E-state index contributed by atoms with van der Waals surface area (Å²) in [5.74, 6) is 0.742. The molecule has 4 N–H and O–H groups in total. The van der Waals surface area contributed by atoms with Crippen molar-refractivity contribution in [2.75, 3.05) is 33.3 Å². The Bertz CT molecular complexity index is 915. The summed E-state index contributed by atoms with van der Waals surface area (Å²) in [6.07, 6.45) is 0. The van der Waals surface area contributed by atoms with E-state index in [0.29, 0.717) is 5.75 Å². The molecule has 1 aliphatic rings. The molecule has 0 amide bonds. The first-order valence-electron chi connectivity index (χ1n) is 10.5. The fraction of sp³-hybridized carbons (Fsp3) is 0.280. The van der Waals surface area contributed by atoms with Gasteiger partial charge in [0.25, 0.3) is 5.72 Å². The van der Waals surface area contributed by atoms with Crippen molar-refractivity contribution in [2.24, 2.45) is 0 Å². The third-order valence-corrected chi connectivity index (χ3v) is 6.20. The number of hydrogen-bond acceptors (Lipinski definition) is 3. The Labute approximate surface area is 177 Å². The summed E-state index contributed by atoms with van der Waals surface area (Å²) < 4.78 is 5.24. The summed E-state index contributed by atoms with van der Waals surface area (Å²) in [6, 6.07) is 25.6. The monoisotopic (exact) mass is 406 g/mol. The Balaban J connectivity index is 1.53. The van der Waals surface area contributed by atoms with Gasteiger partial charge in [0.2, 0.25) is 0 Å². The first-order chi connectivity index (χ1) is 14.6. The predicted molar refractivity (Wildman–Crippen MR) is 116 cm³/mol. The van der Waals surface area contributed by atoms with E-state index >= 15 is 0 Å². The second-order valence-corrected chi connectivity index (χ2v) is 7.94. The molecule has 0 atom stereocenters. The number of piperazine rings is 1. The number of ether oxygens (including phenoxy) is 1. The third kappa shape index (κ3) is 3.92. The molecule has 1 heterocycles. The van der Waals surface area contributed by atoms with E-state index in [1.54, 1.807) is 13.2 Å². The molecule has 1 fully saturated rings. The molecule has 0 spiro atoms. The van der Waals surface area contributed by atoms with Gasteiger partial charge < -0.3 is 19.8 Å². The van der Waals surface area contributed by atoms with Crippen LogP contribution in [0.4, 0.5) is 0 Å². The Morgan fingerprint density at radius 1 is 0.800 bits per heavy atom. The van der Waals surface area contributed by atoms with Crippen LogP contribution in [0.1, 0.15) is 16.7 Å². The highest BCUT2D eigenvalue weighted by atomic mass is 16.5. The molecule has 5 nitrogen and oxygen atoms in total. The maximum Gasteiger partial charge on any atom is 0.253 e. The molecule has 3 aromatic rings. The van der Waals surface area contributed by atoms with Crippen LogP contribution in [0.25, 0.3) is 0 Å². The lowest BCUT2D eigenvalue weighted by Gasteiger charge is -2.40. The number of quaternary nitrogens is 2. The summed E-state index contributed by atoms with van der Waals surface area (Å²) in [6.45, 7) is 4.23. The van der Waals surface area contributed by atoms with Gasteiger partial charge in [-0.15, -0.1) is 0 Å². The molecular formula is C25H30N2O3+2. The minimum absolute atomic E-state index is 0.229. The second-order valence-electron chi connectivity index (χ2n) is 7.94. The molecule has 30 heavy (non-hydrogen) atoms. The summed E-state index contributed by atoms with van der Waals surface area (Å²) in [5.41, 5.74) is 1.65. The second kappa shape index (κ2) is 8.88. The van der Waals surface area contributed by atoms with E-state index in [9.17, 15) is 10.2 Å². The molecule has 0 bridgehead atoms. The molecule has 5 heteroatoms. The van der Waals surface area contributed by atoms with Crippen LogP contribution in [0.15, 0.2) is 78.9 Å². The first-order valence-corrected chi connectivity index (χ1v) is 10.5. The molecule has 0 aliphatic carbocycles. The lowest BCUT2D eigenvalue weighted by atomic mass is 9.92. The molecule has 0 radical (unpaired) electrons. The topological polar surface area (TPSA) is 58.6 Å². The van der Waals surface area contributed by atoms with Crippen molar-refractivity contribution in [3.05, 3.63) is 95.6 Å². The van der Waals surface area contributed by atoms with E-state index in [4.69, 9.17) is 4.74 Å². The quantitative estimate of drug-likeness (QED) is 0.484. The van der Waals surface area contributed by atoms with Gasteiger partial charge in [0.1, 0.15) is 32.7 Å². The van der Waals surface area contributed by atoms with Gasteiger partial charge in [-0.3, -0.25) is 4.90 Å². The lowest BCUT2D eigenvalue weighted by molar-refractivity contribution is -1.06. The number of aliphatic hydroxyl groups is 1. The minimum atomic E-state index is -1.08. The van der Waals surface area contributed by atoms with Crippen molar-refractivity contribution in [1.82, 2.24) is 0 Å². The van der Waals surface area contributed by atoms with Crippen LogP contribution >= 0.6 is 0 Å². The van der Waals surface area contributed by atoms with Gasteiger partial charge in [-0.25, -0.2) is 0 Å². The number of phenolic OH excluding ortho intramolecular Hbond substituents is 1. The van der Waals surface area contributed by atoms with Crippen LogP contribution < -0.4 is 14.5 Å². The molecule has 1 aliphatic heterocycles. The van der Waals surface area contributed by atoms with Crippen molar-refractivity contribution in [3.8, 4) is 11.5 Å². The number of benzene rings is 3. The number of methoxy groups -OCH3 is 1. The standard InChI is InChI=1S/C25H28N2O3/c1-30-23-14-8-9-20(24(23)28)19-26-15-17-27(18-16-26)25(29,21-10-4-2-5-11-21)22-12-6-3-7-13-22/h2-14,28-29H,15-19H2,1H3/p+2. The number of nitrogens with one attached hydrogen (secondary N) is 2. The zero-order valence-corrected chi connectivity index (χ0v) is 17.3. The number of hydrogen-bond donors (Lipinski definition) is 4. The van der Waals surface area contributed by atoms with Gasteiger partial charge in [-0.05, 0) is 36.4 Å². The highest BCUT2D eigenvalue weighted by Gasteiger charge is 2.44. The van der Waals surface area contributed by atoms with Crippen LogP contribution in [0.2, 0.25) is 0 Å². The zero-order valence-electron chi connectivity index (χ0n) is 17.3. The van der Waals surface area contributed by atoms with Crippen molar-refractivity contribution in [1.29, 1.82) is 0 Å². The van der Waals surface area contributed by atoms with Crippen molar-refractivity contribution in [2.45, 2.75) is 12.3 Å². The van der Waals surface area contributed by atoms with Crippen molar-refractivity contribution < 1.29 is 24.7 Å². The minimum Gasteiger partial charge on any atom is -0.504 e. The smallest absolute Gasteiger partial charge is 0.253 e. The Morgan fingerprint density at radius 3 is 1.90 bits per heavy atom. The summed E-state index contributed by atoms with van der Waals surface area (Å²) in [5, 5.41) is 22.4. The summed E-state index contributed by atoms with van der Waals surface area (Å²) >= 11 is 0. The Morgan fingerprint density at radius 2 is 1.37 bits per heavy atom. The zero-order chi connectivity index (χ0) is 21.0. The molecule has 1 saturated heterocycles. The van der Waals surface area contributed by atoms with Gasteiger partial charge in [-0.2, -0.15) is 0 Å². The third-order valence-electron chi connectivity index (χ3n) is 6.20. The SMILES string of the molecule is COc1cccc(C[NH+]2CC[NH+](C(O)(c3ccccc3)c3ccccc3)CC2)c1O. The molecule has 156 valence electrons. The number of aromatic hydroxyl groups is 1. The fourth-order valence-electron chi connectivity index (χ4n) is 4.52. The number of phenols is 1. The number of para-hydroxylation sites is 1. The van der Waals surface area contributed by atoms with E-state index in [1.807, 2.05) is 72.8 Å². The average Bonchev–Trinajstić information content (AvgIpc) is 2.81. The van der Waals surface area contributed by atoms with Crippen LogP contribution in [0.5, 0.6) is 11.5 Å². The van der Waals surface area contributed by atoms with Crippen LogP contribution in [0, 0.1) is 0 Å². The first kappa shape index (κ1) is 20.4. The Hall–Kier alpha value is -2.86. The maximum atomic E-state index is 12.0. The van der Waals surface area contributed by atoms with Crippen LogP contribution in [0.3, 0.4) is 0 Å². The van der Waals surface area contributed by atoms with E-state index < -0.39 is 5.72 Å². The fourth-order valence-corrected chi connectivity index (χ4v) is 4.52. The van der Waals surface area contributed by atoms with Gasteiger partial charge >= 0.3 is 0 Å². The predicted octanol–water partition coefficient (Wildman–Crippen LogP) is 0.578. The molecule has 3 aromatic carbocycles. The van der Waals surface area contributed by atoms with Gasteiger partial charge in [0, 0.05) is 11.1 Å². The number of rotatable bonds is 6. The van der Waals surface area contributed by atoms with E-state index in [-0.39, 0.29) is 5.75 Å². The van der Waals surface area contributed by atoms with Crippen molar-refractivity contribution in [3.63, 3.8) is 0 Å².